The third-order valence-electron chi connectivity index (χ3n) is 3.89. The van der Waals surface area contributed by atoms with Gasteiger partial charge in [0.05, 0.1) is 18.6 Å². The number of benzene rings is 3. The zero-order valence-electron chi connectivity index (χ0n) is 14.8. The van der Waals surface area contributed by atoms with Gasteiger partial charge in [-0.3, -0.25) is 4.79 Å². The molecule has 0 aliphatic rings. The molecule has 0 aliphatic carbocycles. The molecule has 130 valence electrons. The SMILES string of the molecule is COC(=O)c1ccc2cc(C(=O)[O-])c(C(=O)Nc3ccccc3)cc2c1.[Na+]. The number of carbonyl (C=O) groups is 3. The van der Waals surface area contributed by atoms with Crippen molar-refractivity contribution in [3.8, 4) is 0 Å². The van der Waals surface area contributed by atoms with Gasteiger partial charge >= 0.3 is 35.5 Å². The number of amides is 1. The van der Waals surface area contributed by atoms with Crippen LogP contribution in [0.15, 0.2) is 60.7 Å². The Kier molecular flexibility index (Phi) is 6.74. The normalized spacial score (nSPS) is 9.96. The van der Waals surface area contributed by atoms with Crippen LogP contribution in [0, 0.1) is 0 Å². The molecule has 3 aromatic rings. The van der Waals surface area contributed by atoms with Crippen LogP contribution in [-0.4, -0.2) is 25.0 Å². The van der Waals surface area contributed by atoms with Crippen LogP contribution in [0.2, 0.25) is 0 Å². The summed E-state index contributed by atoms with van der Waals surface area (Å²) < 4.78 is 4.68. The van der Waals surface area contributed by atoms with Gasteiger partial charge in [-0.2, -0.15) is 0 Å². The molecule has 0 saturated heterocycles. The number of hydrogen-bond donors (Lipinski definition) is 1. The number of carbonyl (C=O) groups excluding carboxylic acids is 3. The summed E-state index contributed by atoms with van der Waals surface area (Å²) in [4.78, 5) is 35.7. The van der Waals surface area contributed by atoms with Crippen LogP contribution in [-0.2, 0) is 4.74 Å². The number of rotatable bonds is 4. The number of anilines is 1. The molecule has 3 rings (SSSR count). The number of carboxylic acids is 1. The van der Waals surface area contributed by atoms with E-state index in [4.69, 9.17) is 0 Å². The van der Waals surface area contributed by atoms with Crippen molar-refractivity contribution in [3.63, 3.8) is 0 Å². The summed E-state index contributed by atoms with van der Waals surface area (Å²) in [6.45, 7) is 0. The van der Waals surface area contributed by atoms with E-state index in [1.54, 1.807) is 42.5 Å². The van der Waals surface area contributed by atoms with Crippen LogP contribution in [0.5, 0.6) is 0 Å². The van der Waals surface area contributed by atoms with Crippen molar-refractivity contribution in [2.45, 2.75) is 0 Å². The maximum Gasteiger partial charge on any atom is 1.00 e. The molecule has 0 aliphatic heterocycles. The fraction of sp³-hybridized carbons (Fsp3) is 0.0500. The van der Waals surface area contributed by atoms with Gasteiger partial charge in [0.1, 0.15) is 0 Å². The minimum Gasteiger partial charge on any atom is -0.545 e. The van der Waals surface area contributed by atoms with Crippen LogP contribution in [0.4, 0.5) is 5.69 Å². The molecular formula is C20H14NNaO5. The van der Waals surface area contributed by atoms with Gasteiger partial charge in [-0.15, -0.1) is 0 Å². The number of carboxylic acid groups (broad SMARTS) is 1. The fourth-order valence-corrected chi connectivity index (χ4v) is 2.62. The molecule has 1 N–H and O–H groups in total. The van der Waals surface area contributed by atoms with Gasteiger partial charge in [0.2, 0.25) is 0 Å². The summed E-state index contributed by atoms with van der Waals surface area (Å²) in [5.74, 6) is -2.56. The predicted octanol–water partition coefficient (Wildman–Crippen LogP) is -0.754. The molecule has 0 atom stereocenters. The molecule has 1 amide bonds. The molecule has 3 aromatic carbocycles. The average molecular weight is 371 g/mol. The van der Waals surface area contributed by atoms with E-state index in [0.717, 1.165) is 0 Å². The molecule has 0 spiro atoms. The second-order valence-electron chi connectivity index (χ2n) is 5.56. The third-order valence-corrected chi connectivity index (χ3v) is 3.89. The van der Waals surface area contributed by atoms with Crippen molar-refractivity contribution in [2.24, 2.45) is 0 Å². The van der Waals surface area contributed by atoms with Gasteiger partial charge in [-0.1, -0.05) is 24.3 Å². The van der Waals surface area contributed by atoms with Crippen LogP contribution >= 0.6 is 0 Å². The number of nitrogens with one attached hydrogen (secondary N) is 1. The second-order valence-corrected chi connectivity index (χ2v) is 5.56. The number of hydrogen-bond acceptors (Lipinski definition) is 5. The number of aromatic carboxylic acids is 1. The Bertz CT molecular complexity index is 1020. The first-order chi connectivity index (χ1) is 12.5. The Morgan fingerprint density at radius 1 is 0.889 bits per heavy atom. The van der Waals surface area contributed by atoms with Crippen LogP contribution in [0.1, 0.15) is 31.1 Å². The topological polar surface area (TPSA) is 95.5 Å². The Morgan fingerprint density at radius 3 is 2.19 bits per heavy atom. The first-order valence-corrected chi connectivity index (χ1v) is 7.73. The molecule has 7 heteroatoms. The molecule has 0 saturated carbocycles. The Balaban J connectivity index is 0.00000261. The largest absolute Gasteiger partial charge is 1.00 e. The summed E-state index contributed by atoms with van der Waals surface area (Å²) in [5.41, 5.74) is 0.556. The Morgan fingerprint density at radius 2 is 1.56 bits per heavy atom. The van der Waals surface area contributed by atoms with E-state index in [2.05, 4.69) is 10.1 Å². The van der Waals surface area contributed by atoms with E-state index in [1.807, 2.05) is 0 Å². The molecule has 0 unspecified atom stereocenters. The van der Waals surface area contributed by atoms with E-state index in [9.17, 15) is 19.5 Å². The van der Waals surface area contributed by atoms with Gasteiger partial charge in [0, 0.05) is 16.8 Å². The summed E-state index contributed by atoms with van der Waals surface area (Å²) in [6.07, 6.45) is 0. The van der Waals surface area contributed by atoms with Gasteiger partial charge in [-0.05, 0) is 47.2 Å². The first-order valence-electron chi connectivity index (χ1n) is 7.73. The summed E-state index contributed by atoms with van der Waals surface area (Å²) in [5, 5.41) is 15.2. The molecule has 0 heterocycles. The Hall–Kier alpha value is -2.67. The van der Waals surface area contributed by atoms with Crippen molar-refractivity contribution in [2.75, 3.05) is 12.4 Å². The fourth-order valence-electron chi connectivity index (χ4n) is 2.62. The quantitative estimate of drug-likeness (QED) is 0.481. The number of esters is 1. The van der Waals surface area contributed by atoms with Crippen LogP contribution in [0.25, 0.3) is 10.8 Å². The standard InChI is InChI=1S/C20H15NO5.Na/c1-26-20(25)13-8-7-12-10-17(19(23)24)16(11-14(12)9-13)18(22)21-15-5-3-2-4-6-15;/h2-11H,1H3,(H,21,22)(H,23,24);/q;+1/p-1. The zero-order chi connectivity index (χ0) is 18.7. The molecule has 0 fully saturated rings. The summed E-state index contributed by atoms with van der Waals surface area (Å²) in [6, 6.07) is 16.1. The molecule has 0 aromatic heterocycles. The van der Waals surface area contributed by atoms with Crippen molar-refractivity contribution in [1.82, 2.24) is 0 Å². The van der Waals surface area contributed by atoms with Crippen molar-refractivity contribution in [3.05, 3.63) is 77.4 Å². The minimum absolute atomic E-state index is 0. The van der Waals surface area contributed by atoms with E-state index in [0.29, 0.717) is 22.0 Å². The number of ether oxygens (including phenoxy) is 1. The molecule has 27 heavy (non-hydrogen) atoms. The van der Waals surface area contributed by atoms with Crippen LogP contribution < -0.4 is 40.0 Å². The zero-order valence-corrected chi connectivity index (χ0v) is 16.8. The number of methoxy groups -OCH3 is 1. The van der Waals surface area contributed by atoms with Gasteiger partial charge in [0.25, 0.3) is 5.91 Å². The number of fused-ring (bicyclic) bond motifs is 1. The van der Waals surface area contributed by atoms with Gasteiger partial charge in [0.15, 0.2) is 0 Å². The molecule has 6 nitrogen and oxygen atoms in total. The molecule has 0 radical (unpaired) electrons. The minimum atomic E-state index is -1.46. The average Bonchev–Trinajstić information content (AvgIpc) is 2.66. The van der Waals surface area contributed by atoms with E-state index in [-0.39, 0.29) is 40.7 Å². The van der Waals surface area contributed by atoms with Gasteiger partial charge < -0.3 is 20.0 Å². The van der Waals surface area contributed by atoms with Crippen molar-refractivity contribution in [1.29, 1.82) is 0 Å². The maximum absolute atomic E-state index is 12.6. The second kappa shape index (κ2) is 8.81. The molecular weight excluding hydrogens is 357 g/mol. The van der Waals surface area contributed by atoms with Crippen molar-refractivity contribution >= 4 is 34.3 Å². The molecule has 0 bridgehead atoms. The smallest absolute Gasteiger partial charge is 0.545 e. The Labute approximate surface area is 177 Å². The summed E-state index contributed by atoms with van der Waals surface area (Å²) >= 11 is 0. The van der Waals surface area contributed by atoms with E-state index in [1.165, 1.54) is 25.3 Å². The predicted molar refractivity (Wildman–Crippen MR) is 94.0 cm³/mol. The van der Waals surface area contributed by atoms with E-state index >= 15 is 0 Å². The van der Waals surface area contributed by atoms with E-state index < -0.39 is 17.8 Å². The summed E-state index contributed by atoms with van der Waals surface area (Å²) in [7, 11) is 1.27. The number of para-hydroxylation sites is 1. The first kappa shape index (κ1) is 20.6. The van der Waals surface area contributed by atoms with Gasteiger partial charge in [-0.25, -0.2) is 4.79 Å². The maximum atomic E-state index is 12.6. The van der Waals surface area contributed by atoms with Crippen molar-refractivity contribution < 1.29 is 53.8 Å². The van der Waals surface area contributed by atoms with Crippen LogP contribution in [0.3, 0.4) is 0 Å². The third kappa shape index (κ3) is 4.54. The monoisotopic (exact) mass is 371 g/mol.